The van der Waals surface area contributed by atoms with Crippen molar-refractivity contribution >= 4 is 11.7 Å². The molecule has 1 N–H and O–H groups in total. The third kappa shape index (κ3) is 4.12. The standard InChI is InChI=1S/C17H20N2O4/c1-11-5-6-15(18-10-11)19-16(20)9-12-7-13(21-2)17(23-4)14(8-12)22-3/h5-8,10H,9H2,1-4H3,(H,18,19,20). The number of hydrogen-bond acceptors (Lipinski definition) is 5. The number of anilines is 1. The Kier molecular flexibility index (Phi) is 5.41. The van der Waals surface area contributed by atoms with Gasteiger partial charge in [-0.25, -0.2) is 4.98 Å². The van der Waals surface area contributed by atoms with Gasteiger partial charge in [0.1, 0.15) is 5.82 Å². The van der Waals surface area contributed by atoms with Gasteiger partial charge in [-0.3, -0.25) is 4.79 Å². The predicted octanol–water partition coefficient (Wildman–Crippen LogP) is 2.60. The summed E-state index contributed by atoms with van der Waals surface area (Å²) in [5.41, 5.74) is 1.79. The lowest BCUT2D eigenvalue weighted by Gasteiger charge is -2.14. The molecule has 6 nitrogen and oxygen atoms in total. The highest BCUT2D eigenvalue weighted by Gasteiger charge is 2.15. The maximum Gasteiger partial charge on any atom is 0.229 e. The molecule has 0 saturated heterocycles. The molecule has 0 fully saturated rings. The number of benzene rings is 1. The summed E-state index contributed by atoms with van der Waals surface area (Å²) < 4.78 is 15.8. The Morgan fingerprint density at radius 1 is 1.09 bits per heavy atom. The third-order valence-corrected chi connectivity index (χ3v) is 3.27. The molecule has 0 atom stereocenters. The lowest BCUT2D eigenvalue weighted by molar-refractivity contribution is -0.115. The number of aromatic nitrogens is 1. The number of nitrogens with zero attached hydrogens (tertiary/aromatic N) is 1. The van der Waals surface area contributed by atoms with E-state index in [0.29, 0.717) is 23.1 Å². The third-order valence-electron chi connectivity index (χ3n) is 3.27. The fourth-order valence-electron chi connectivity index (χ4n) is 2.15. The number of aryl methyl sites for hydroxylation is 1. The number of hydrogen-bond donors (Lipinski definition) is 1. The Hall–Kier alpha value is -2.76. The summed E-state index contributed by atoms with van der Waals surface area (Å²) in [4.78, 5) is 16.3. The maximum absolute atomic E-state index is 12.2. The summed E-state index contributed by atoms with van der Waals surface area (Å²) in [6.07, 6.45) is 1.88. The SMILES string of the molecule is COc1cc(CC(=O)Nc2ccc(C)cn2)cc(OC)c1OC. The fraction of sp³-hybridized carbons (Fsp3) is 0.294. The second kappa shape index (κ2) is 7.49. The second-order valence-corrected chi connectivity index (χ2v) is 4.98. The summed E-state index contributed by atoms with van der Waals surface area (Å²) in [6.45, 7) is 1.94. The molecule has 0 saturated carbocycles. The molecule has 1 amide bonds. The molecule has 23 heavy (non-hydrogen) atoms. The topological polar surface area (TPSA) is 69.7 Å². The number of rotatable bonds is 6. The van der Waals surface area contributed by atoms with Crippen LogP contribution in [0.4, 0.5) is 5.82 Å². The van der Waals surface area contributed by atoms with Crippen LogP contribution in [0.15, 0.2) is 30.5 Å². The lowest BCUT2D eigenvalue weighted by atomic mass is 10.1. The molecule has 2 aromatic rings. The van der Waals surface area contributed by atoms with Crippen LogP contribution < -0.4 is 19.5 Å². The van der Waals surface area contributed by atoms with E-state index in [0.717, 1.165) is 11.1 Å². The molecule has 2 rings (SSSR count). The van der Waals surface area contributed by atoms with Crippen molar-refractivity contribution in [2.75, 3.05) is 26.6 Å². The van der Waals surface area contributed by atoms with Gasteiger partial charge in [-0.2, -0.15) is 0 Å². The molecule has 122 valence electrons. The van der Waals surface area contributed by atoms with Gasteiger partial charge in [0, 0.05) is 6.20 Å². The quantitative estimate of drug-likeness (QED) is 0.887. The van der Waals surface area contributed by atoms with E-state index in [2.05, 4.69) is 10.3 Å². The van der Waals surface area contributed by atoms with Crippen molar-refractivity contribution in [1.29, 1.82) is 0 Å². The van der Waals surface area contributed by atoms with Gasteiger partial charge in [-0.15, -0.1) is 0 Å². The summed E-state index contributed by atoms with van der Waals surface area (Å²) in [5, 5.41) is 2.76. The van der Waals surface area contributed by atoms with Crippen LogP contribution in [0.25, 0.3) is 0 Å². The Balaban J connectivity index is 2.15. The van der Waals surface area contributed by atoms with Crippen LogP contribution in [0.1, 0.15) is 11.1 Å². The van der Waals surface area contributed by atoms with E-state index >= 15 is 0 Å². The maximum atomic E-state index is 12.2. The highest BCUT2D eigenvalue weighted by molar-refractivity contribution is 5.91. The predicted molar refractivity (Wildman–Crippen MR) is 87.4 cm³/mol. The van der Waals surface area contributed by atoms with Crippen LogP contribution in [0.5, 0.6) is 17.2 Å². The first kappa shape index (κ1) is 16.6. The first-order chi connectivity index (χ1) is 11.1. The lowest BCUT2D eigenvalue weighted by Crippen LogP contribution is -2.15. The first-order valence-corrected chi connectivity index (χ1v) is 7.08. The van der Waals surface area contributed by atoms with Crippen LogP contribution in [-0.4, -0.2) is 32.2 Å². The van der Waals surface area contributed by atoms with E-state index in [1.165, 1.54) is 21.3 Å². The van der Waals surface area contributed by atoms with Crippen molar-refractivity contribution in [2.45, 2.75) is 13.3 Å². The van der Waals surface area contributed by atoms with Crippen LogP contribution in [0.3, 0.4) is 0 Å². The molecular formula is C17H20N2O4. The van der Waals surface area contributed by atoms with Crippen molar-refractivity contribution in [2.24, 2.45) is 0 Å². The first-order valence-electron chi connectivity index (χ1n) is 7.08. The van der Waals surface area contributed by atoms with Crippen molar-refractivity contribution < 1.29 is 19.0 Å². The van der Waals surface area contributed by atoms with Crippen LogP contribution in [0.2, 0.25) is 0 Å². The number of ether oxygens (including phenoxy) is 3. The van der Waals surface area contributed by atoms with Crippen LogP contribution in [0, 0.1) is 6.92 Å². The van der Waals surface area contributed by atoms with Crippen LogP contribution in [-0.2, 0) is 11.2 Å². The number of carbonyl (C=O) groups excluding carboxylic acids is 1. The largest absolute Gasteiger partial charge is 0.493 e. The van der Waals surface area contributed by atoms with E-state index < -0.39 is 0 Å². The molecule has 0 aliphatic rings. The minimum absolute atomic E-state index is 0.171. The van der Waals surface area contributed by atoms with Gasteiger partial charge in [0.2, 0.25) is 11.7 Å². The number of methoxy groups -OCH3 is 3. The van der Waals surface area contributed by atoms with Crippen molar-refractivity contribution in [1.82, 2.24) is 4.98 Å². The Labute approximate surface area is 135 Å². The smallest absolute Gasteiger partial charge is 0.229 e. The summed E-state index contributed by atoms with van der Waals surface area (Å²) >= 11 is 0. The van der Waals surface area contributed by atoms with Gasteiger partial charge in [-0.1, -0.05) is 6.07 Å². The normalized spacial score (nSPS) is 10.1. The average molecular weight is 316 g/mol. The van der Waals surface area contributed by atoms with E-state index in [-0.39, 0.29) is 12.3 Å². The zero-order chi connectivity index (χ0) is 16.8. The summed E-state index contributed by atoms with van der Waals surface area (Å²) in [5.74, 6) is 1.88. The summed E-state index contributed by atoms with van der Waals surface area (Å²) in [6, 6.07) is 7.16. The highest BCUT2D eigenvalue weighted by atomic mass is 16.5. The van der Waals surface area contributed by atoms with Crippen molar-refractivity contribution in [3.05, 3.63) is 41.6 Å². The second-order valence-electron chi connectivity index (χ2n) is 4.98. The Bertz CT molecular complexity index is 658. The molecule has 1 heterocycles. The minimum Gasteiger partial charge on any atom is -0.493 e. The molecule has 1 aromatic carbocycles. The highest BCUT2D eigenvalue weighted by Crippen LogP contribution is 2.38. The monoisotopic (exact) mass is 316 g/mol. The van der Waals surface area contributed by atoms with Gasteiger partial charge in [-0.05, 0) is 36.2 Å². The molecule has 1 aromatic heterocycles. The number of carbonyl (C=O) groups is 1. The van der Waals surface area contributed by atoms with Crippen molar-refractivity contribution in [3.63, 3.8) is 0 Å². The van der Waals surface area contributed by atoms with Gasteiger partial charge >= 0.3 is 0 Å². The van der Waals surface area contributed by atoms with Gasteiger partial charge in [0.25, 0.3) is 0 Å². The molecule has 0 aliphatic heterocycles. The molecule has 6 heteroatoms. The molecule has 0 unspecified atom stereocenters. The zero-order valence-corrected chi connectivity index (χ0v) is 13.7. The van der Waals surface area contributed by atoms with E-state index in [1.807, 2.05) is 13.0 Å². The van der Waals surface area contributed by atoms with Gasteiger partial charge in [0.15, 0.2) is 11.5 Å². The number of amides is 1. The van der Waals surface area contributed by atoms with Gasteiger partial charge in [0.05, 0.1) is 27.8 Å². The van der Waals surface area contributed by atoms with E-state index in [4.69, 9.17) is 14.2 Å². The fourth-order valence-corrected chi connectivity index (χ4v) is 2.15. The molecular weight excluding hydrogens is 296 g/mol. The van der Waals surface area contributed by atoms with Crippen LogP contribution >= 0.6 is 0 Å². The van der Waals surface area contributed by atoms with E-state index in [9.17, 15) is 4.79 Å². The Morgan fingerprint density at radius 2 is 1.74 bits per heavy atom. The number of pyridine rings is 1. The van der Waals surface area contributed by atoms with Gasteiger partial charge < -0.3 is 19.5 Å². The molecule has 0 aliphatic carbocycles. The summed E-state index contributed by atoms with van der Waals surface area (Å²) in [7, 11) is 4.62. The average Bonchev–Trinajstić information content (AvgIpc) is 2.55. The van der Waals surface area contributed by atoms with E-state index in [1.54, 1.807) is 24.4 Å². The Morgan fingerprint density at radius 3 is 2.22 bits per heavy atom. The zero-order valence-electron chi connectivity index (χ0n) is 13.7. The number of nitrogens with one attached hydrogen (secondary N) is 1. The van der Waals surface area contributed by atoms with Crippen molar-refractivity contribution in [3.8, 4) is 17.2 Å². The molecule has 0 radical (unpaired) electrons. The minimum atomic E-state index is -0.171. The molecule has 0 bridgehead atoms. The molecule has 0 spiro atoms.